The number of anilines is 1. The fourth-order valence-corrected chi connectivity index (χ4v) is 2.88. The van der Waals surface area contributed by atoms with E-state index in [0.29, 0.717) is 6.04 Å². The fourth-order valence-electron chi connectivity index (χ4n) is 2.88. The van der Waals surface area contributed by atoms with Gasteiger partial charge in [0.25, 0.3) is 0 Å². The lowest BCUT2D eigenvalue weighted by molar-refractivity contribution is 0.201. The van der Waals surface area contributed by atoms with Crippen LogP contribution in [0.5, 0.6) is 0 Å². The molecule has 0 saturated heterocycles. The van der Waals surface area contributed by atoms with Crippen molar-refractivity contribution in [3.05, 3.63) is 11.8 Å². The summed E-state index contributed by atoms with van der Waals surface area (Å²) in [5.41, 5.74) is 1.10. The number of rotatable bonds is 5. The van der Waals surface area contributed by atoms with Gasteiger partial charge in [0.2, 0.25) is 0 Å². The average Bonchev–Trinajstić information content (AvgIpc) is 2.72. The van der Waals surface area contributed by atoms with Gasteiger partial charge in [0.15, 0.2) is 0 Å². The summed E-state index contributed by atoms with van der Waals surface area (Å²) in [5.74, 6) is 2.81. The minimum absolute atomic E-state index is 0.594. The van der Waals surface area contributed by atoms with Crippen molar-refractivity contribution in [3.63, 3.8) is 0 Å². The molecule has 1 aromatic heterocycles. The van der Waals surface area contributed by atoms with Crippen molar-refractivity contribution in [2.45, 2.75) is 45.6 Å². The smallest absolute Gasteiger partial charge is 0.124 e. The minimum atomic E-state index is 0.594. The van der Waals surface area contributed by atoms with Crippen molar-refractivity contribution >= 4 is 5.82 Å². The summed E-state index contributed by atoms with van der Waals surface area (Å²) < 4.78 is 7.05. The molecule has 1 fully saturated rings. The molecule has 2 rings (SSSR count). The molecule has 0 amide bonds. The highest BCUT2D eigenvalue weighted by atomic mass is 16.5. The molecular weight excluding hydrogens is 238 g/mol. The quantitative estimate of drug-likeness (QED) is 0.890. The number of hydrogen-bond donors (Lipinski definition) is 1. The van der Waals surface area contributed by atoms with Gasteiger partial charge in [-0.05, 0) is 31.1 Å². The summed E-state index contributed by atoms with van der Waals surface area (Å²) in [4.78, 5) is 0. The van der Waals surface area contributed by atoms with E-state index in [-0.39, 0.29) is 0 Å². The van der Waals surface area contributed by atoms with Crippen LogP contribution in [0.4, 0.5) is 5.82 Å². The molecule has 4 nitrogen and oxygen atoms in total. The maximum Gasteiger partial charge on any atom is 0.124 e. The molecule has 1 aromatic rings. The van der Waals surface area contributed by atoms with Crippen LogP contribution >= 0.6 is 0 Å². The van der Waals surface area contributed by atoms with Crippen LogP contribution in [0.2, 0.25) is 0 Å². The number of aryl methyl sites for hydroxylation is 1. The Kier molecular flexibility index (Phi) is 4.86. The summed E-state index contributed by atoms with van der Waals surface area (Å²) in [6, 6.07) is 2.75. The molecule has 0 aliphatic heterocycles. The van der Waals surface area contributed by atoms with Gasteiger partial charge in [-0.15, -0.1) is 0 Å². The number of aromatic nitrogens is 2. The monoisotopic (exact) mass is 265 g/mol. The van der Waals surface area contributed by atoms with E-state index in [1.165, 1.54) is 19.3 Å². The Morgan fingerprint density at radius 2 is 2.16 bits per heavy atom. The fraction of sp³-hybridized carbons (Fsp3) is 0.800. The topological polar surface area (TPSA) is 39.1 Å². The van der Waals surface area contributed by atoms with Crippen LogP contribution in [0, 0.1) is 11.8 Å². The van der Waals surface area contributed by atoms with Crippen molar-refractivity contribution < 1.29 is 4.74 Å². The van der Waals surface area contributed by atoms with Gasteiger partial charge in [0.1, 0.15) is 5.82 Å². The van der Waals surface area contributed by atoms with E-state index in [0.717, 1.165) is 36.4 Å². The number of nitrogens with one attached hydrogen (secondary N) is 1. The second-order valence-corrected chi connectivity index (χ2v) is 6.00. The molecule has 0 bridgehead atoms. The van der Waals surface area contributed by atoms with Gasteiger partial charge in [0.05, 0.1) is 12.3 Å². The molecule has 0 spiro atoms. The van der Waals surface area contributed by atoms with E-state index in [1.54, 1.807) is 7.11 Å². The molecule has 1 heterocycles. The van der Waals surface area contributed by atoms with Crippen molar-refractivity contribution in [2.24, 2.45) is 18.9 Å². The third-order valence-corrected chi connectivity index (χ3v) is 4.44. The summed E-state index contributed by atoms with van der Waals surface area (Å²) in [6.07, 6.45) is 4.74. The van der Waals surface area contributed by atoms with Gasteiger partial charge < -0.3 is 10.1 Å². The average molecular weight is 265 g/mol. The van der Waals surface area contributed by atoms with Crippen molar-refractivity contribution in [1.29, 1.82) is 0 Å². The number of nitrogens with zero attached hydrogens (tertiary/aromatic N) is 2. The maximum absolute atomic E-state index is 5.10. The van der Waals surface area contributed by atoms with E-state index >= 15 is 0 Å². The van der Waals surface area contributed by atoms with E-state index in [2.05, 4.69) is 30.3 Å². The van der Waals surface area contributed by atoms with Crippen molar-refractivity contribution in [1.82, 2.24) is 9.78 Å². The standard InChI is InChI=1S/C15H27N3O/c1-11-5-6-13(9-12(11)2)16-15-10-14(7-8-19-4)17-18(15)3/h10-13,16H,5-9H2,1-4H3/t11-,12-,13-/m1/s1. The molecule has 1 N–H and O–H groups in total. The van der Waals surface area contributed by atoms with Gasteiger partial charge in [-0.25, -0.2) is 0 Å². The molecule has 0 aromatic carbocycles. The zero-order chi connectivity index (χ0) is 13.8. The second kappa shape index (κ2) is 6.42. The Balaban J connectivity index is 1.93. The molecule has 19 heavy (non-hydrogen) atoms. The van der Waals surface area contributed by atoms with Gasteiger partial charge in [-0.3, -0.25) is 4.68 Å². The maximum atomic E-state index is 5.10. The molecule has 108 valence electrons. The molecule has 1 saturated carbocycles. The zero-order valence-electron chi connectivity index (χ0n) is 12.6. The highest BCUT2D eigenvalue weighted by Gasteiger charge is 2.24. The lowest BCUT2D eigenvalue weighted by Crippen LogP contribution is -2.30. The first-order valence-electron chi connectivity index (χ1n) is 7.38. The zero-order valence-corrected chi connectivity index (χ0v) is 12.6. The minimum Gasteiger partial charge on any atom is -0.384 e. The Labute approximate surface area is 116 Å². The molecule has 1 aliphatic carbocycles. The Morgan fingerprint density at radius 3 is 2.84 bits per heavy atom. The molecule has 0 radical (unpaired) electrons. The summed E-state index contributed by atoms with van der Waals surface area (Å²) >= 11 is 0. The molecule has 1 aliphatic rings. The van der Waals surface area contributed by atoms with E-state index in [1.807, 2.05) is 11.7 Å². The SMILES string of the molecule is COCCc1cc(N[C@@H]2CC[C@@H](C)[C@H](C)C2)n(C)n1. The van der Waals surface area contributed by atoms with E-state index in [4.69, 9.17) is 4.74 Å². The first-order valence-corrected chi connectivity index (χ1v) is 7.38. The third-order valence-electron chi connectivity index (χ3n) is 4.44. The number of hydrogen-bond acceptors (Lipinski definition) is 3. The Bertz CT molecular complexity index is 402. The Morgan fingerprint density at radius 1 is 1.37 bits per heavy atom. The van der Waals surface area contributed by atoms with Crippen LogP contribution < -0.4 is 5.32 Å². The lowest BCUT2D eigenvalue weighted by atomic mass is 9.79. The second-order valence-electron chi connectivity index (χ2n) is 6.00. The summed E-state index contributed by atoms with van der Waals surface area (Å²) in [6.45, 7) is 5.47. The third kappa shape index (κ3) is 3.72. The molecule has 0 unspecified atom stereocenters. The van der Waals surface area contributed by atoms with Crippen LogP contribution in [0.1, 0.15) is 38.8 Å². The van der Waals surface area contributed by atoms with Crippen LogP contribution in [0.15, 0.2) is 6.07 Å². The van der Waals surface area contributed by atoms with Gasteiger partial charge in [-0.2, -0.15) is 5.10 Å². The highest BCUT2D eigenvalue weighted by molar-refractivity contribution is 5.38. The summed E-state index contributed by atoms with van der Waals surface area (Å²) in [5, 5.41) is 8.18. The van der Waals surface area contributed by atoms with Gasteiger partial charge in [0, 0.05) is 32.7 Å². The van der Waals surface area contributed by atoms with Gasteiger partial charge >= 0.3 is 0 Å². The molecule has 4 heteroatoms. The van der Waals surface area contributed by atoms with Crippen LogP contribution in [-0.2, 0) is 18.2 Å². The van der Waals surface area contributed by atoms with E-state index in [9.17, 15) is 0 Å². The highest BCUT2D eigenvalue weighted by Crippen LogP contribution is 2.31. The number of methoxy groups -OCH3 is 1. The normalized spacial score (nSPS) is 27.5. The molecular formula is C15H27N3O. The van der Waals surface area contributed by atoms with Gasteiger partial charge in [-0.1, -0.05) is 13.8 Å². The molecule has 3 atom stereocenters. The predicted molar refractivity (Wildman–Crippen MR) is 78.4 cm³/mol. The predicted octanol–water partition coefficient (Wildman–Crippen LogP) is 2.85. The van der Waals surface area contributed by atoms with E-state index < -0.39 is 0 Å². The Hall–Kier alpha value is -1.03. The number of ether oxygens (including phenoxy) is 1. The first kappa shape index (κ1) is 14.4. The summed E-state index contributed by atoms with van der Waals surface area (Å²) in [7, 11) is 3.74. The van der Waals surface area contributed by atoms with Crippen LogP contribution in [0.3, 0.4) is 0 Å². The first-order chi connectivity index (χ1) is 9.10. The van der Waals surface area contributed by atoms with Crippen molar-refractivity contribution in [2.75, 3.05) is 19.0 Å². The van der Waals surface area contributed by atoms with Crippen LogP contribution in [-0.4, -0.2) is 29.5 Å². The lowest BCUT2D eigenvalue weighted by Gasteiger charge is -2.32. The largest absolute Gasteiger partial charge is 0.384 e. The van der Waals surface area contributed by atoms with Crippen LogP contribution in [0.25, 0.3) is 0 Å². The van der Waals surface area contributed by atoms with Crippen molar-refractivity contribution in [3.8, 4) is 0 Å².